The van der Waals surface area contributed by atoms with Crippen LogP contribution in [0.4, 0.5) is 5.00 Å². The number of thiophene rings is 1. The number of fused-ring (bicyclic) bond motifs is 2. The van der Waals surface area contributed by atoms with Crippen molar-refractivity contribution in [2.24, 2.45) is 0 Å². The molecule has 32 heavy (non-hydrogen) atoms. The average molecular weight is 451 g/mol. The molecule has 0 unspecified atom stereocenters. The van der Waals surface area contributed by atoms with Gasteiger partial charge in [-0.15, -0.1) is 11.3 Å². The molecule has 168 valence electrons. The smallest absolute Gasteiger partial charge is 0.261 e. The number of hydrogen-bond acceptors (Lipinski definition) is 6. The van der Waals surface area contributed by atoms with Crippen LogP contribution in [0.3, 0.4) is 0 Å². The molecule has 1 N–H and O–H groups in total. The summed E-state index contributed by atoms with van der Waals surface area (Å²) in [4.78, 5) is 30.1. The Kier molecular flexibility index (Phi) is 5.73. The highest BCUT2D eigenvalue weighted by atomic mass is 32.1. The van der Waals surface area contributed by atoms with E-state index >= 15 is 0 Å². The van der Waals surface area contributed by atoms with Crippen LogP contribution in [0, 0.1) is 0 Å². The number of anilines is 1. The van der Waals surface area contributed by atoms with Gasteiger partial charge >= 0.3 is 0 Å². The fourth-order valence-electron chi connectivity index (χ4n) is 4.71. The highest BCUT2D eigenvalue weighted by Gasteiger charge is 2.21. The lowest BCUT2D eigenvalue weighted by atomic mass is 9.95. The Morgan fingerprint density at radius 3 is 2.72 bits per heavy atom. The first-order chi connectivity index (χ1) is 15.5. The molecule has 0 spiro atoms. The van der Waals surface area contributed by atoms with Crippen LogP contribution in [-0.4, -0.2) is 58.7 Å². The van der Waals surface area contributed by atoms with E-state index in [2.05, 4.69) is 56.6 Å². The third kappa shape index (κ3) is 3.82. The molecule has 0 bridgehead atoms. The van der Waals surface area contributed by atoms with E-state index in [0.717, 1.165) is 39.6 Å². The molecular formula is C24H30N6OS. The van der Waals surface area contributed by atoms with Crippen LogP contribution in [0.2, 0.25) is 0 Å². The molecule has 3 heterocycles. The summed E-state index contributed by atoms with van der Waals surface area (Å²) in [6.45, 7) is 1.75. The Hall–Kier alpha value is -2.71. The van der Waals surface area contributed by atoms with Gasteiger partial charge in [-0.1, -0.05) is 25.3 Å². The summed E-state index contributed by atoms with van der Waals surface area (Å²) >= 11 is 1.63. The van der Waals surface area contributed by atoms with Crippen LogP contribution >= 0.6 is 11.3 Å². The first kappa shape index (κ1) is 21.2. The van der Waals surface area contributed by atoms with Gasteiger partial charge in [-0.05, 0) is 44.6 Å². The number of benzene rings is 1. The monoisotopic (exact) mass is 450 g/mol. The van der Waals surface area contributed by atoms with Crippen LogP contribution in [0.5, 0.6) is 0 Å². The van der Waals surface area contributed by atoms with Gasteiger partial charge < -0.3 is 19.4 Å². The first-order valence-corrected chi connectivity index (χ1v) is 12.2. The third-order valence-corrected chi connectivity index (χ3v) is 7.86. The summed E-state index contributed by atoms with van der Waals surface area (Å²) in [6.07, 6.45) is 9.91. The van der Waals surface area contributed by atoms with E-state index in [0.29, 0.717) is 11.4 Å². The second-order valence-corrected chi connectivity index (χ2v) is 10.1. The number of H-pyrrole nitrogens is 1. The molecular weight excluding hydrogens is 420 g/mol. The van der Waals surface area contributed by atoms with Gasteiger partial charge in [-0.3, -0.25) is 4.79 Å². The maximum Gasteiger partial charge on any atom is 0.261 e. The van der Waals surface area contributed by atoms with Crippen molar-refractivity contribution < 1.29 is 0 Å². The summed E-state index contributed by atoms with van der Waals surface area (Å²) < 4.78 is 2.36. The molecule has 1 saturated carbocycles. The van der Waals surface area contributed by atoms with E-state index in [9.17, 15) is 4.79 Å². The molecule has 0 aliphatic heterocycles. The fourth-order valence-corrected chi connectivity index (χ4v) is 5.93. The summed E-state index contributed by atoms with van der Waals surface area (Å²) in [5.74, 6) is 0. The quantitative estimate of drug-likeness (QED) is 0.468. The SMILES string of the molecule is CN(C)CCN(C)c1sc(-c2ccc3c(c2)ncn3C2CCCCC2)c2nc[nH]c(=O)c12. The molecule has 1 aliphatic carbocycles. The second-order valence-electron chi connectivity index (χ2n) is 9.06. The van der Waals surface area contributed by atoms with E-state index in [1.54, 1.807) is 11.3 Å². The van der Waals surface area contributed by atoms with Crippen molar-refractivity contribution in [3.8, 4) is 10.4 Å². The molecule has 8 heteroatoms. The number of hydrogen-bond donors (Lipinski definition) is 1. The zero-order chi connectivity index (χ0) is 22.2. The fraction of sp³-hybridized carbons (Fsp3) is 0.458. The van der Waals surface area contributed by atoms with Crippen LogP contribution in [0.15, 0.2) is 35.6 Å². The van der Waals surface area contributed by atoms with Gasteiger partial charge in [0.15, 0.2) is 0 Å². The van der Waals surface area contributed by atoms with Crippen molar-refractivity contribution in [1.29, 1.82) is 0 Å². The number of nitrogens with zero attached hydrogens (tertiary/aromatic N) is 5. The average Bonchev–Trinajstić information content (AvgIpc) is 3.40. The number of aromatic nitrogens is 4. The molecule has 1 aliphatic rings. The van der Waals surface area contributed by atoms with Gasteiger partial charge in [0.05, 0.1) is 34.1 Å². The van der Waals surface area contributed by atoms with Crippen molar-refractivity contribution in [2.45, 2.75) is 38.1 Å². The number of imidazole rings is 1. The minimum absolute atomic E-state index is 0.0909. The van der Waals surface area contributed by atoms with E-state index in [4.69, 9.17) is 4.98 Å². The lowest BCUT2D eigenvalue weighted by Gasteiger charge is -2.23. The van der Waals surface area contributed by atoms with E-state index in [1.165, 1.54) is 43.9 Å². The molecule has 1 fully saturated rings. The van der Waals surface area contributed by atoms with Gasteiger partial charge in [-0.2, -0.15) is 0 Å². The first-order valence-electron chi connectivity index (χ1n) is 11.4. The molecule has 0 amide bonds. The Morgan fingerprint density at radius 1 is 1.12 bits per heavy atom. The normalized spacial score (nSPS) is 15.2. The van der Waals surface area contributed by atoms with Crippen molar-refractivity contribution in [3.05, 3.63) is 41.2 Å². The minimum atomic E-state index is -0.0909. The summed E-state index contributed by atoms with van der Waals surface area (Å²) in [7, 11) is 6.16. The zero-order valence-electron chi connectivity index (χ0n) is 19.0. The van der Waals surface area contributed by atoms with Crippen molar-refractivity contribution >= 4 is 38.3 Å². The maximum absolute atomic E-state index is 12.7. The lowest BCUT2D eigenvalue weighted by molar-refractivity contribution is 0.359. The molecule has 0 radical (unpaired) electrons. The highest BCUT2D eigenvalue weighted by molar-refractivity contribution is 7.21. The largest absolute Gasteiger partial charge is 0.364 e. The van der Waals surface area contributed by atoms with Crippen LogP contribution in [0.25, 0.3) is 32.4 Å². The standard InChI is InChI=1S/C24H30N6OS/c1-28(2)11-12-29(3)24-20-21(25-14-26-23(20)31)22(32-24)16-9-10-19-18(13-16)27-15-30(19)17-7-5-4-6-8-17/h9-10,13-15,17H,4-8,11-12H2,1-3H3,(H,25,26,31). The molecule has 4 aromatic rings. The van der Waals surface area contributed by atoms with E-state index in [1.807, 2.05) is 13.4 Å². The van der Waals surface area contributed by atoms with Gasteiger partial charge in [0.25, 0.3) is 5.56 Å². The number of rotatable bonds is 6. The van der Waals surface area contributed by atoms with Crippen LogP contribution in [0.1, 0.15) is 38.1 Å². The number of nitrogens with one attached hydrogen (secondary N) is 1. The van der Waals surface area contributed by atoms with Gasteiger partial charge in [0.2, 0.25) is 0 Å². The Bertz CT molecular complexity index is 1300. The van der Waals surface area contributed by atoms with Gasteiger partial charge in [0, 0.05) is 26.2 Å². The maximum atomic E-state index is 12.7. The molecule has 3 aromatic heterocycles. The number of aromatic amines is 1. The summed E-state index contributed by atoms with van der Waals surface area (Å²) in [5, 5.41) is 1.63. The van der Waals surface area contributed by atoms with Gasteiger partial charge in [0.1, 0.15) is 10.4 Å². The highest BCUT2D eigenvalue weighted by Crippen LogP contribution is 2.42. The molecule has 5 rings (SSSR count). The van der Waals surface area contributed by atoms with E-state index in [-0.39, 0.29) is 5.56 Å². The van der Waals surface area contributed by atoms with Gasteiger partial charge in [-0.25, -0.2) is 9.97 Å². The predicted molar refractivity (Wildman–Crippen MR) is 133 cm³/mol. The second kappa shape index (κ2) is 8.67. The van der Waals surface area contributed by atoms with Crippen LogP contribution < -0.4 is 10.5 Å². The molecule has 1 aromatic carbocycles. The van der Waals surface area contributed by atoms with Crippen LogP contribution in [-0.2, 0) is 0 Å². The Labute approximate surface area is 191 Å². The molecule has 0 saturated heterocycles. The Balaban J connectivity index is 1.57. The zero-order valence-corrected chi connectivity index (χ0v) is 19.8. The van der Waals surface area contributed by atoms with E-state index < -0.39 is 0 Å². The predicted octanol–water partition coefficient (Wildman–Crippen LogP) is 4.50. The van der Waals surface area contributed by atoms with Crippen molar-refractivity contribution in [2.75, 3.05) is 39.1 Å². The lowest BCUT2D eigenvalue weighted by Crippen LogP contribution is -2.28. The summed E-state index contributed by atoms with van der Waals surface area (Å²) in [5.41, 5.74) is 3.92. The topological polar surface area (TPSA) is 70.0 Å². The van der Waals surface area contributed by atoms with Crippen molar-refractivity contribution in [1.82, 2.24) is 24.4 Å². The molecule has 7 nitrogen and oxygen atoms in total. The summed E-state index contributed by atoms with van der Waals surface area (Å²) in [6, 6.07) is 7.04. The Morgan fingerprint density at radius 2 is 1.94 bits per heavy atom. The number of likely N-dealkylation sites (N-methyl/N-ethyl adjacent to an activating group) is 2. The molecule has 0 atom stereocenters. The minimum Gasteiger partial charge on any atom is -0.364 e. The van der Waals surface area contributed by atoms with Crippen molar-refractivity contribution in [3.63, 3.8) is 0 Å². The third-order valence-electron chi connectivity index (χ3n) is 6.52.